The van der Waals surface area contributed by atoms with Crippen molar-refractivity contribution >= 4 is 41.5 Å². The minimum Gasteiger partial charge on any atom is -0.460 e. The Balaban J connectivity index is 2.63. The van der Waals surface area contributed by atoms with E-state index in [2.05, 4.69) is 16.0 Å². The quantitative estimate of drug-likeness (QED) is 0.266. The number of amides is 5. The second-order valence-electron chi connectivity index (χ2n) is 16.7. The average molecular weight is 842 g/mol. The Morgan fingerprint density at radius 1 is 0.783 bits per heavy atom. The summed E-state index contributed by atoms with van der Waals surface area (Å²) in [6.45, 7) is 16.9. The second-order valence-corrected chi connectivity index (χ2v) is 16.7. The Morgan fingerprint density at radius 2 is 1.38 bits per heavy atom. The fraction of sp³-hybridized carbons (Fsp3) is 0.667. The smallest absolute Gasteiger partial charge is 0.334 e. The van der Waals surface area contributed by atoms with Crippen LogP contribution in [0.1, 0.15) is 107 Å². The van der Waals surface area contributed by atoms with Crippen molar-refractivity contribution in [1.29, 1.82) is 0 Å². The van der Waals surface area contributed by atoms with Gasteiger partial charge < -0.3 is 40.3 Å². The van der Waals surface area contributed by atoms with Gasteiger partial charge in [0.15, 0.2) is 6.10 Å². The van der Waals surface area contributed by atoms with Crippen LogP contribution in [-0.4, -0.2) is 120 Å². The zero-order valence-corrected chi connectivity index (χ0v) is 37.8. The monoisotopic (exact) mass is 842 g/mol. The predicted octanol–water partition coefficient (Wildman–Crippen LogP) is 3.71. The van der Waals surface area contributed by atoms with Crippen LogP contribution in [0.5, 0.6) is 0 Å². The third-order valence-electron chi connectivity index (χ3n) is 11.7. The molecule has 1 aliphatic heterocycles. The first-order valence-electron chi connectivity index (χ1n) is 21.4. The number of benzene rings is 1. The molecule has 2 unspecified atom stereocenters. The molecule has 336 valence electrons. The number of cyclic esters (lactones) is 2. The molecular weight excluding hydrogens is 771 g/mol. The molecule has 60 heavy (non-hydrogen) atoms. The first kappa shape index (κ1) is 51.4. The van der Waals surface area contributed by atoms with Crippen LogP contribution in [0.15, 0.2) is 42.0 Å². The van der Waals surface area contributed by atoms with Crippen molar-refractivity contribution in [2.45, 2.75) is 150 Å². The Labute approximate surface area is 356 Å². The highest BCUT2D eigenvalue weighted by Crippen LogP contribution is 2.27. The van der Waals surface area contributed by atoms with E-state index < -0.39 is 102 Å². The van der Waals surface area contributed by atoms with Crippen LogP contribution >= 0.6 is 0 Å². The van der Waals surface area contributed by atoms with E-state index in [1.165, 1.54) is 50.7 Å². The van der Waals surface area contributed by atoms with Crippen molar-refractivity contribution in [3.63, 3.8) is 0 Å². The van der Waals surface area contributed by atoms with Crippen molar-refractivity contribution in [1.82, 2.24) is 25.8 Å². The van der Waals surface area contributed by atoms with Crippen LogP contribution in [0.2, 0.25) is 0 Å². The van der Waals surface area contributed by atoms with E-state index in [9.17, 15) is 38.7 Å². The highest BCUT2D eigenvalue weighted by atomic mass is 16.6. The van der Waals surface area contributed by atoms with Crippen molar-refractivity contribution < 1.29 is 48.1 Å². The normalized spacial score (nSPS) is 29.2. The SMILES string of the molecule is CCC[C@H](C)C1OC(=O)[C@H](C)NC(=O)C([C@@H](C)CC)NC(=O)CN(C)C(=O)[C@@H](Cc2ccccc2)N(C)C(=O)[C@H](C)NC(=O)[C@H]([C@@H](C)CC)OC(=O)/C(C)=C/C[C@H](O)[C@@H]1C. The second kappa shape index (κ2) is 24.5. The van der Waals surface area contributed by atoms with E-state index in [0.717, 1.165) is 12.0 Å². The van der Waals surface area contributed by atoms with Crippen LogP contribution < -0.4 is 16.0 Å². The molecule has 1 aromatic rings. The van der Waals surface area contributed by atoms with Crippen molar-refractivity contribution in [3.8, 4) is 0 Å². The Hall–Kier alpha value is -4.79. The summed E-state index contributed by atoms with van der Waals surface area (Å²) in [6.07, 6.45) is 0.981. The third kappa shape index (κ3) is 14.7. The standard InChI is InChI=1S/C45H71N5O10/c1-13-19-28(6)38-30(8)35(51)23-22-29(7)44(57)60-39(27(5)15-3)41(54)46-31(9)42(55)50(12)34(24-33-20-17-16-18-21-33)43(56)49(11)25-36(52)48-37(26(4)14-2)40(53)47-32(10)45(58)59-38/h16-18,20-22,26-28,30-32,34-35,37-39,51H,13-15,19,23-25H2,1-12H3,(H,46,54)(H,47,53)(H,48,52)/b29-22+/t26-,27-,28-,30-,31-,32-,34+,35-,37?,38?,39-/m0/s1. The fourth-order valence-corrected chi connectivity index (χ4v) is 7.14. The highest BCUT2D eigenvalue weighted by molar-refractivity contribution is 5.96. The van der Waals surface area contributed by atoms with Gasteiger partial charge in [-0.25, -0.2) is 9.59 Å². The predicted molar refractivity (Wildman–Crippen MR) is 228 cm³/mol. The molecule has 0 aliphatic carbocycles. The summed E-state index contributed by atoms with van der Waals surface area (Å²) in [5.41, 5.74) is 0.889. The lowest BCUT2D eigenvalue weighted by Crippen LogP contribution is -2.58. The molecule has 5 amide bonds. The summed E-state index contributed by atoms with van der Waals surface area (Å²) in [5, 5.41) is 19.4. The van der Waals surface area contributed by atoms with Gasteiger partial charge in [-0.15, -0.1) is 0 Å². The molecule has 0 fully saturated rings. The van der Waals surface area contributed by atoms with Gasteiger partial charge in [0.05, 0.1) is 12.6 Å². The molecule has 1 aromatic carbocycles. The van der Waals surface area contributed by atoms with E-state index in [4.69, 9.17) is 9.47 Å². The zero-order valence-electron chi connectivity index (χ0n) is 37.8. The molecule has 0 spiro atoms. The molecule has 15 nitrogen and oxygen atoms in total. The Kier molecular flexibility index (Phi) is 20.9. The number of hydrogen-bond acceptors (Lipinski definition) is 10. The van der Waals surface area contributed by atoms with Crippen LogP contribution in [0, 0.1) is 23.7 Å². The molecule has 2 rings (SSSR count). The lowest BCUT2D eigenvalue weighted by Gasteiger charge is -2.34. The maximum atomic E-state index is 14.2. The molecule has 1 heterocycles. The number of nitrogens with one attached hydrogen (secondary N) is 3. The lowest BCUT2D eigenvalue weighted by atomic mass is 9.85. The number of nitrogens with zero attached hydrogens (tertiary/aromatic N) is 2. The van der Waals surface area contributed by atoms with Gasteiger partial charge in [-0.05, 0) is 57.4 Å². The molecule has 1 aliphatic rings. The number of carbonyl (C=O) groups is 7. The number of aliphatic hydroxyl groups is 1. The Morgan fingerprint density at radius 3 is 1.97 bits per heavy atom. The molecule has 0 aromatic heterocycles. The van der Waals surface area contributed by atoms with Crippen LogP contribution in [-0.2, 0) is 49.5 Å². The summed E-state index contributed by atoms with van der Waals surface area (Å²) in [4.78, 5) is 98.5. The van der Waals surface area contributed by atoms with Crippen molar-refractivity contribution in [2.75, 3.05) is 20.6 Å². The van der Waals surface area contributed by atoms with Crippen LogP contribution in [0.3, 0.4) is 0 Å². The summed E-state index contributed by atoms with van der Waals surface area (Å²) >= 11 is 0. The third-order valence-corrected chi connectivity index (χ3v) is 11.7. The van der Waals surface area contributed by atoms with Gasteiger partial charge in [0.1, 0.15) is 30.3 Å². The van der Waals surface area contributed by atoms with E-state index in [1.54, 1.807) is 45.0 Å². The summed E-state index contributed by atoms with van der Waals surface area (Å²) in [7, 11) is 2.86. The van der Waals surface area contributed by atoms with Gasteiger partial charge in [0.2, 0.25) is 23.6 Å². The molecule has 0 bridgehead atoms. The first-order chi connectivity index (χ1) is 28.2. The summed E-state index contributed by atoms with van der Waals surface area (Å²) in [5.74, 6) is -6.18. The maximum Gasteiger partial charge on any atom is 0.334 e. The fourth-order valence-electron chi connectivity index (χ4n) is 7.14. The number of aliphatic hydroxyl groups excluding tert-OH is 1. The molecule has 0 saturated carbocycles. The van der Waals surface area contributed by atoms with E-state index >= 15 is 0 Å². The zero-order chi connectivity index (χ0) is 45.4. The van der Waals surface area contributed by atoms with Crippen LogP contribution in [0.4, 0.5) is 0 Å². The molecule has 4 N–H and O–H groups in total. The minimum absolute atomic E-state index is 0.00763. The number of likely N-dealkylation sites (N-methyl/N-ethyl adjacent to an activating group) is 2. The topological polar surface area (TPSA) is 201 Å². The Bertz CT molecular complexity index is 1650. The van der Waals surface area contributed by atoms with Crippen LogP contribution in [0.25, 0.3) is 0 Å². The van der Waals surface area contributed by atoms with Gasteiger partial charge >= 0.3 is 11.9 Å². The van der Waals surface area contributed by atoms with Gasteiger partial charge in [0.25, 0.3) is 5.91 Å². The lowest BCUT2D eigenvalue weighted by molar-refractivity contribution is -0.161. The molecule has 0 radical (unpaired) electrons. The average Bonchev–Trinajstić information content (AvgIpc) is 3.22. The van der Waals surface area contributed by atoms with E-state index in [-0.39, 0.29) is 30.3 Å². The maximum absolute atomic E-state index is 14.2. The molecule has 11 atom stereocenters. The number of rotatable bonds is 9. The number of carbonyl (C=O) groups excluding carboxylic acids is 7. The highest BCUT2D eigenvalue weighted by Gasteiger charge is 2.38. The number of ether oxygens (including phenoxy) is 2. The molecule has 15 heteroatoms. The largest absolute Gasteiger partial charge is 0.460 e. The van der Waals surface area contributed by atoms with E-state index in [0.29, 0.717) is 19.3 Å². The van der Waals surface area contributed by atoms with Crippen molar-refractivity contribution in [2.24, 2.45) is 23.7 Å². The molecular formula is C45H71N5O10. The number of esters is 2. The van der Waals surface area contributed by atoms with Gasteiger partial charge in [-0.1, -0.05) is 97.7 Å². The molecule has 0 saturated heterocycles. The summed E-state index contributed by atoms with van der Waals surface area (Å²) < 4.78 is 11.7. The van der Waals surface area contributed by atoms with Gasteiger partial charge in [0, 0.05) is 37.9 Å². The number of hydrogen-bond donors (Lipinski definition) is 4. The van der Waals surface area contributed by atoms with Gasteiger partial charge in [-0.3, -0.25) is 24.0 Å². The first-order valence-corrected chi connectivity index (χ1v) is 21.4. The minimum atomic E-state index is -1.26. The van der Waals surface area contributed by atoms with Gasteiger partial charge in [-0.2, -0.15) is 0 Å². The summed E-state index contributed by atoms with van der Waals surface area (Å²) in [6, 6.07) is 4.59. The van der Waals surface area contributed by atoms with Crippen molar-refractivity contribution in [3.05, 3.63) is 47.5 Å². The van der Waals surface area contributed by atoms with E-state index in [1.807, 2.05) is 33.8 Å².